The molecule has 0 radical (unpaired) electrons. The maximum atomic E-state index is 12.3. The number of carbonyl (C=O) groups is 1. The average molecular weight is 294 g/mol. The highest BCUT2D eigenvalue weighted by Gasteiger charge is 2.25. The first kappa shape index (κ1) is 13.9. The van der Waals surface area contributed by atoms with Crippen molar-refractivity contribution >= 4 is 11.6 Å². The van der Waals surface area contributed by atoms with Crippen LogP contribution < -0.4 is 15.0 Å². The summed E-state index contributed by atoms with van der Waals surface area (Å²) in [4.78, 5) is 12.3. The Morgan fingerprint density at radius 2 is 1.64 bits per heavy atom. The zero-order valence-electron chi connectivity index (χ0n) is 11.9. The van der Waals surface area contributed by atoms with Gasteiger partial charge in [0.2, 0.25) is 0 Å². The molecule has 0 aliphatic rings. The van der Waals surface area contributed by atoms with Gasteiger partial charge < -0.3 is 14.8 Å². The Morgan fingerprint density at radius 3 is 2.27 bits per heavy atom. The lowest BCUT2D eigenvalue weighted by molar-refractivity contribution is -0.665. The molecule has 0 aliphatic carbocycles. The number of rotatable bonds is 3. The van der Waals surface area contributed by atoms with Gasteiger partial charge in [0.25, 0.3) is 11.6 Å². The van der Waals surface area contributed by atoms with Gasteiger partial charge in [0.1, 0.15) is 13.0 Å². The van der Waals surface area contributed by atoms with E-state index in [1.54, 1.807) is 31.3 Å². The monoisotopic (exact) mass is 294 g/mol. The number of benzene rings is 2. The molecule has 0 fully saturated rings. The maximum absolute atomic E-state index is 12.3. The lowest BCUT2D eigenvalue weighted by atomic mass is 10.2. The summed E-state index contributed by atoms with van der Waals surface area (Å²) in [5.41, 5.74) is 1.32. The van der Waals surface area contributed by atoms with Crippen LogP contribution in [0.5, 0.6) is 5.95 Å². The molecule has 3 rings (SSSR count). The van der Waals surface area contributed by atoms with Crippen molar-refractivity contribution in [1.82, 2.24) is 0 Å². The van der Waals surface area contributed by atoms with E-state index in [2.05, 4.69) is 5.32 Å². The number of aromatic nitrogens is 1. The second-order valence-corrected chi connectivity index (χ2v) is 4.79. The summed E-state index contributed by atoms with van der Waals surface area (Å²) in [6, 6.07) is 18.1. The highest BCUT2D eigenvalue weighted by Crippen LogP contribution is 2.23. The van der Waals surface area contributed by atoms with Crippen LogP contribution >= 0.6 is 0 Å². The van der Waals surface area contributed by atoms with E-state index < -0.39 is 11.9 Å². The number of nitrogens with one attached hydrogen (secondary N) is 1. The first-order valence-corrected chi connectivity index (χ1v) is 6.78. The van der Waals surface area contributed by atoms with Gasteiger partial charge in [0.15, 0.2) is 0 Å². The quantitative estimate of drug-likeness (QED) is 0.752. The lowest BCUT2D eigenvalue weighted by Gasteiger charge is -2.02. The number of oxazole rings is 1. The number of amides is 1. The van der Waals surface area contributed by atoms with E-state index in [9.17, 15) is 9.90 Å². The van der Waals surface area contributed by atoms with Crippen molar-refractivity contribution in [2.24, 2.45) is 7.05 Å². The molecule has 1 heterocycles. The number of hydrogen-bond donors (Lipinski definition) is 1. The molecule has 0 atom stereocenters. The fourth-order valence-electron chi connectivity index (χ4n) is 2.23. The van der Waals surface area contributed by atoms with E-state index in [0.717, 1.165) is 5.56 Å². The van der Waals surface area contributed by atoms with E-state index in [0.29, 0.717) is 11.6 Å². The van der Waals surface area contributed by atoms with Crippen molar-refractivity contribution in [3.8, 4) is 17.4 Å². The van der Waals surface area contributed by atoms with Gasteiger partial charge in [0, 0.05) is 5.69 Å². The van der Waals surface area contributed by atoms with E-state index in [-0.39, 0.29) is 5.69 Å². The molecule has 0 bridgehead atoms. The molecule has 22 heavy (non-hydrogen) atoms. The molecule has 0 unspecified atom stereocenters. The third-order valence-corrected chi connectivity index (χ3v) is 3.29. The van der Waals surface area contributed by atoms with Gasteiger partial charge in [-0.25, -0.2) is 0 Å². The smallest absolute Gasteiger partial charge is 0.322 e. The molecule has 5 nitrogen and oxygen atoms in total. The number of carbonyl (C=O) groups excluding carboxylic acids is 1. The summed E-state index contributed by atoms with van der Waals surface area (Å²) in [6.07, 6.45) is 0. The molecule has 1 aromatic heterocycles. The number of nitrogens with zero attached hydrogens (tertiary/aromatic N) is 1. The van der Waals surface area contributed by atoms with Crippen LogP contribution in [0.2, 0.25) is 0 Å². The molecule has 110 valence electrons. The highest BCUT2D eigenvalue weighted by atomic mass is 16.5. The second-order valence-electron chi connectivity index (χ2n) is 4.79. The van der Waals surface area contributed by atoms with Crippen LogP contribution in [0.4, 0.5) is 5.69 Å². The normalized spacial score (nSPS) is 10.4. The molecule has 0 aliphatic heterocycles. The molecular weight excluding hydrogens is 280 g/mol. The molecule has 1 N–H and O–H groups in total. The molecule has 0 saturated heterocycles. The average Bonchev–Trinajstić information content (AvgIpc) is 2.84. The molecule has 0 spiro atoms. The summed E-state index contributed by atoms with van der Waals surface area (Å²) in [5.74, 6) is -0.803. The fraction of sp³-hybridized carbons (Fsp3) is 0.0588. The highest BCUT2D eigenvalue weighted by molar-refractivity contribution is 6.03. The van der Waals surface area contributed by atoms with Crippen LogP contribution in [0.1, 0.15) is 10.5 Å². The van der Waals surface area contributed by atoms with Gasteiger partial charge in [-0.15, -0.1) is 0 Å². The predicted molar refractivity (Wildman–Crippen MR) is 79.2 cm³/mol. The topological polar surface area (TPSA) is 69.2 Å². The molecular formula is C17H14N2O3. The fourth-order valence-corrected chi connectivity index (χ4v) is 2.23. The Balaban J connectivity index is 1.95. The Morgan fingerprint density at radius 1 is 1.05 bits per heavy atom. The number of para-hydroxylation sites is 1. The van der Waals surface area contributed by atoms with Gasteiger partial charge in [-0.05, 0) is 24.3 Å². The minimum atomic E-state index is -0.658. The van der Waals surface area contributed by atoms with Crippen molar-refractivity contribution in [3.05, 3.63) is 66.4 Å². The van der Waals surface area contributed by atoms with Crippen LogP contribution in [0.25, 0.3) is 11.5 Å². The number of hydrogen-bond acceptors (Lipinski definition) is 3. The predicted octanol–water partition coefficient (Wildman–Crippen LogP) is 2.10. The van der Waals surface area contributed by atoms with Crippen LogP contribution in [0.3, 0.4) is 0 Å². The molecule has 5 heteroatoms. The zero-order valence-corrected chi connectivity index (χ0v) is 11.9. The third kappa shape index (κ3) is 2.56. The minimum absolute atomic E-state index is 0.0392. The molecule has 2 aromatic carbocycles. The van der Waals surface area contributed by atoms with Crippen molar-refractivity contribution in [2.45, 2.75) is 0 Å². The summed E-state index contributed by atoms with van der Waals surface area (Å²) < 4.78 is 6.71. The van der Waals surface area contributed by atoms with E-state index in [4.69, 9.17) is 4.42 Å². The summed E-state index contributed by atoms with van der Waals surface area (Å²) in [7, 11) is 1.63. The maximum Gasteiger partial charge on any atom is 0.322 e. The SMILES string of the molecule is C[n+]1c(-c2ccccc2)oc([O-])c1C(=O)Nc1ccccc1. The van der Waals surface area contributed by atoms with Crippen LogP contribution in [0, 0.1) is 0 Å². The van der Waals surface area contributed by atoms with Crippen molar-refractivity contribution in [1.29, 1.82) is 0 Å². The summed E-state index contributed by atoms with van der Waals surface area (Å²) in [6.45, 7) is 0. The van der Waals surface area contributed by atoms with Crippen molar-refractivity contribution in [2.75, 3.05) is 5.32 Å². The van der Waals surface area contributed by atoms with Crippen LogP contribution in [-0.2, 0) is 7.05 Å². The van der Waals surface area contributed by atoms with Crippen LogP contribution in [0.15, 0.2) is 65.1 Å². The standard InChI is InChI=1S/C17H14N2O3/c1-19-14(15(20)18-13-10-6-3-7-11-13)17(21)22-16(19)12-8-4-2-5-9-12/h2-11H,1H3,(H-,18,20,21). The molecule has 1 amide bonds. The summed E-state index contributed by atoms with van der Waals surface area (Å²) in [5, 5.41) is 14.7. The first-order chi connectivity index (χ1) is 10.7. The van der Waals surface area contributed by atoms with Gasteiger partial charge in [-0.2, -0.15) is 4.57 Å². The third-order valence-electron chi connectivity index (χ3n) is 3.29. The van der Waals surface area contributed by atoms with Crippen molar-refractivity contribution in [3.63, 3.8) is 0 Å². The minimum Gasteiger partial charge on any atom is -0.540 e. The zero-order chi connectivity index (χ0) is 15.5. The second kappa shape index (κ2) is 5.73. The van der Waals surface area contributed by atoms with E-state index >= 15 is 0 Å². The van der Waals surface area contributed by atoms with Gasteiger partial charge in [0.05, 0.1) is 5.56 Å². The van der Waals surface area contributed by atoms with Gasteiger partial charge in [-0.3, -0.25) is 4.79 Å². The number of anilines is 1. The first-order valence-electron chi connectivity index (χ1n) is 6.78. The Kier molecular flexibility index (Phi) is 3.62. The molecule has 0 saturated carbocycles. The molecule has 3 aromatic rings. The Labute approximate surface area is 127 Å². The lowest BCUT2D eigenvalue weighted by Crippen LogP contribution is -2.38. The Bertz CT molecular complexity index is 796. The van der Waals surface area contributed by atoms with Gasteiger partial charge in [-0.1, -0.05) is 36.4 Å². The van der Waals surface area contributed by atoms with Gasteiger partial charge >= 0.3 is 5.91 Å². The Hall–Kier alpha value is -3.08. The largest absolute Gasteiger partial charge is 0.540 e. The van der Waals surface area contributed by atoms with Crippen molar-refractivity contribution < 1.29 is 18.9 Å². The van der Waals surface area contributed by atoms with E-state index in [1.807, 2.05) is 36.4 Å². The summed E-state index contributed by atoms with van der Waals surface area (Å²) >= 11 is 0. The van der Waals surface area contributed by atoms with E-state index in [1.165, 1.54) is 4.57 Å². The van der Waals surface area contributed by atoms with Crippen LogP contribution in [-0.4, -0.2) is 5.91 Å².